The summed E-state index contributed by atoms with van der Waals surface area (Å²) in [6.07, 6.45) is 0. The number of thioether (sulfide) groups is 1. The molecule has 0 aliphatic rings. The molecule has 0 aliphatic carbocycles. The molecule has 0 spiro atoms. The van der Waals surface area contributed by atoms with Crippen LogP contribution in [0.2, 0.25) is 0 Å². The maximum absolute atomic E-state index is 12.7. The Morgan fingerprint density at radius 3 is 2.25 bits per heavy atom. The first-order valence-electron chi connectivity index (χ1n) is 10.7. The smallest absolute Gasteiger partial charge is 0.326 e. The van der Waals surface area contributed by atoms with Crippen molar-refractivity contribution in [3.8, 4) is 0 Å². The quantitative estimate of drug-likeness (QED) is 0.389. The molecule has 0 saturated carbocycles. The van der Waals surface area contributed by atoms with Gasteiger partial charge in [0.15, 0.2) is 0 Å². The molecule has 1 heterocycles. The fraction of sp³-hybridized carbons (Fsp3) is 0.522. The molecule has 0 atom stereocenters. The van der Waals surface area contributed by atoms with Crippen molar-refractivity contribution in [3.05, 3.63) is 30.0 Å². The van der Waals surface area contributed by atoms with Gasteiger partial charge in [-0.3, -0.25) is 10.1 Å². The first-order chi connectivity index (χ1) is 14.9. The molecule has 0 saturated heterocycles. The molecule has 0 unspecified atom stereocenters. The lowest BCUT2D eigenvalue weighted by atomic mass is 10.1. The number of nitrogens with zero attached hydrogens (tertiary/aromatic N) is 2. The predicted molar refractivity (Wildman–Crippen MR) is 130 cm³/mol. The number of benzene rings is 1. The number of hydrogen-bond donors (Lipinski definition) is 3. The number of amides is 2. The van der Waals surface area contributed by atoms with Gasteiger partial charge < -0.3 is 19.8 Å². The number of urea groups is 1. The number of aromatic nitrogens is 1. The van der Waals surface area contributed by atoms with Crippen LogP contribution in [-0.4, -0.2) is 40.1 Å². The van der Waals surface area contributed by atoms with Crippen molar-refractivity contribution in [1.82, 2.24) is 5.16 Å². The van der Waals surface area contributed by atoms with E-state index in [-0.39, 0.29) is 5.88 Å². The van der Waals surface area contributed by atoms with Crippen molar-refractivity contribution in [2.75, 3.05) is 28.6 Å². The maximum atomic E-state index is 12.7. The Hall–Kier alpha value is -2.68. The van der Waals surface area contributed by atoms with E-state index in [1.807, 2.05) is 18.2 Å². The van der Waals surface area contributed by atoms with E-state index in [1.54, 1.807) is 26.8 Å². The van der Waals surface area contributed by atoms with Gasteiger partial charge in [0.05, 0.1) is 17.1 Å². The summed E-state index contributed by atoms with van der Waals surface area (Å²) in [5.74, 6) is 0.196. The van der Waals surface area contributed by atoms with Crippen LogP contribution in [0.5, 0.6) is 0 Å². The predicted octanol–water partition coefficient (Wildman–Crippen LogP) is 5.70. The Morgan fingerprint density at radius 2 is 1.75 bits per heavy atom. The molecule has 2 amide bonds. The summed E-state index contributed by atoms with van der Waals surface area (Å²) in [7, 11) is 0. The summed E-state index contributed by atoms with van der Waals surface area (Å²) in [5, 5.41) is 18.8. The second-order valence-electron chi connectivity index (χ2n) is 9.20. The molecule has 0 bridgehead atoms. The van der Waals surface area contributed by atoms with Crippen LogP contribution in [-0.2, 0) is 4.79 Å². The summed E-state index contributed by atoms with van der Waals surface area (Å²) < 4.78 is 4.06. The molecular weight excluding hydrogens is 428 g/mol. The molecule has 8 nitrogen and oxygen atoms in total. The molecule has 32 heavy (non-hydrogen) atoms. The Kier molecular flexibility index (Phi) is 8.60. The lowest BCUT2D eigenvalue weighted by molar-refractivity contribution is -0.138. The van der Waals surface area contributed by atoms with E-state index in [0.717, 1.165) is 23.7 Å². The van der Waals surface area contributed by atoms with E-state index in [0.29, 0.717) is 23.2 Å². The van der Waals surface area contributed by atoms with E-state index < -0.39 is 16.7 Å². The first-order valence-corrected chi connectivity index (χ1v) is 11.5. The van der Waals surface area contributed by atoms with Crippen LogP contribution in [0, 0.1) is 18.8 Å². The molecule has 2 rings (SSSR count). The van der Waals surface area contributed by atoms with Gasteiger partial charge >= 0.3 is 12.0 Å². The monoisotopic (exact) mass is 462 g/mol. The zero-order valence-electron chi connectivity index (χ0n) is 19.9. The fourth-order valence-electron chi connectivity index (χ4n) is 3.13. The summed E-state index contributed by atoms with van der Waals surface area (Å²) in [5.41, 5.74) is 2.15. The standard InChI is InChI=1S/C23H34N4O4S/c1-14(2)12-27(13-15(3)4)19-9-8-17(32-23(6,7)21(28)29)11-18(19)24-22(30)25-20-10-16(5)26-31-20/h8-11,14-15H,12-13H2,1-7H3,(H,28,29)(H2,24,25,30). The Balaban J connectivity index is 2.39. The molecule has 9 heteroatoms. The minimum atomic E-state index is -1.01. The normalized spacial score (nSPS) is 11.7. The zero-order chi connectivity index (χ0) is 24.1. The lowest BCUT2D eigenvalue weighted by Crippen LogP contribution is -2.32. The number of carbonyl (C=O) groups excluding carboxylic acids is 1. The third kappa shape index (κ3) is 7.47. The van der Waals surface area contributed by atoms with Crippen molar-refractivity contribution in [2.45, 2.75) is 58.1 Å². The summed E-state index contributed by atoms with van der Waals surface area (Å²) in [6.45, 7) is 15.3. The van der Waals surface area contributed by atoms with Crippen LogP contribution in [0.1, 0.15) is 47.2 Å². The molecule has 1 aromatic heterocycles. The minimum absolute atomic E-state index is 0.250. The Morgan fingerprint density at radius 1 is 1.12 bits per heavy atom. The third-order valence-corrected chi connectivity index (χ3v) is 5.66. The molecule has 1 aromatic carbocycles. The number of aliphatic carboxylic acids is 1. The number of rotatable bonds is 10. The molecule has 0 fully saturated rings. The van der Waals surface area contributed by atoms with Crippen molar-refractivity contribution in [2.24, 2.45) is 11.8 Å². The van der Waals surface area contributed by atoms with Crippen molar-refractivity contribution in [3.63, 3.8) is 0 Å². The lowest BCUT2D eigenvalue weighted by Gasteiger charge is -2.31. The Bertz CT molecular complexity index is 930. The van der Waals surface area contributed by atoms with Crippen LogP contribution in [0.4, 0.5) is 22.1 Å². The first kappa shape index (κ1) is 25.6. The van der Waals surface area contributed by atoms with Crippen LogP contribution in [0.25, 0.3) is 0 Å². The molecule has 0 radical (unpaired) electrons. The summed E-state index contributed by atoms with van der Waals surface area (Å²) in [4.78, 5) is 27.3. The highest BCUT2D eigenvalue weighted by atomic mass is 32.2. The SMILES string of the molecule is Cc1cc(NC(=O)Nc2cc(SC(C)(C)C(=O)O)ccc2N(CC(C)C)CC(C)C)on1. The van der Waals surface area contributed by atoms with Gasteiger partial charge in [-0.05, 0) is 50.8 Å². The van der Waals surface area contributed by atoms with Crippen LogP contribution in [0.3, 0.4) is 0 Å². The highest BCUT2D eigenvalue weighted by molar-refractivity contribution is 8.01. The Labute approximate surface area is 194 Å². The highest BCUT2D eigenvalue weighted by Crippen LogP contribution is 2.38. The minimum Gasteiger partial charge on any atom is -0.480 e. The van der Waals surface area contributed by atoms with Crippen molar-refractivity contribution >= 4 is 41.0 Å². The second-order valence-corrected chi connectivity index (χ2v) is 10.9. The third-order valence-electron chi connectivity index (χ3n) is 4.48. The summed E-state index contributed by atoms with van der Waals surface area (Å²) >= 11 is 1.23. The van der Waals surface area contributed by atoms with E-state index >= 15 is 0 Å². The fourth-order valence-corrected chi connectivity index (χ4v) is 4.12. The number of nitrogens with one attached hydrogen (secondary N) is 2. The number of carbonyl (C=O) groups is 2. The van der Waals surface area contributed by atoms with Crippen molar-refractivity contribution < 1.29 is 19.2 Å². The topological polar surface area (TPSA) is 108 Å². The van der Waals surface area contributed by atoms with Gasteiger partial charge in [0.2, 0.25) is 5.88 Å². The average Bonchev–Trinajstić information content (AvgIpc) is 3.04. The van der Waals surface area contributed by atoms with Gasteiger partial charge in [-0.25, -0.2) is 4.79 Å². The average molecular weight is 463 g/mol. The van der Waals surface area contributed by atoms with E-state index in [9.17, 15) is 14.7 Å². The van der Waals surface area contributed by atoms with Gasteiger partial charge in [-0.15, -0.1) is 11.8 Å². The zero-order valence-corrected chi connectivity index (χ0v) is 20.7. The van der Waals surface area contributed by atoms with Gasteiger partial charge in [-0.2, -0.15) is 0 Å². The van der Waals surface area contributed by atoms with Crippen molar-refractivity contribution in [1.29, 1.82) is 0 Å². The molecule has 176 valence electrons. The molecule has 2 aromatic rings. The maximum Gasteiger partial charge on any atom is 0.326 e. The van der Waals surface area contributed by atoms with Gasteiger partial charge in [0.25, 0.3) is 0 Å². The van der Waals surface area contributed by atoms with E-state index in [2.05, 4.69) is 48.4 Å². The van der Waals surface area contributed by atoms with Gasteiger partial charge in [0, 0.05) is 24.1 Å². The number of aryl methyl sites for hydroxylation is 1. The number of hydrogen-bond acceptors (Lipinski definition) is 6. The second kappa shape index (κ2) is 10.8. The number of carboxylic acid groups (broad SMARTS) is 1. The van der Waals surface area contributed by atoms with Crippen LogP contribution >= 0.6 is 11.8 Å². The number of anilines is 3. The molecule has 3 N–H and O–H groups in total. The highest BCUT2D eigenvalue weighted by Gasteiger charge is 2.29. The van der Waals surface area contributed by atoms with E-state index in [4.69, 9.17) is 4.52 Å². The van der Waals surface area contributed by atoms with Crippen LogP contribution in [0.15, 0.2) is 33.7 Å². The largest absolute Gasteiger partial charge is 0.480 e. The van der Waals surface area contributed by atoms with E-state index in [1.165, 1.54) is 11.8 Å². The van der Waals surface area contributed by atoms with Crippen LogP contribution < -0.4 is 15.5 Å². The molecular formula is C23H34N4O4S. The summed E-state index contributed by atoms with van der Waals surface area (Å²) in [6, 6.07) is 6.84. The van der Waals surface area contributed by atoms with Gasteiger partial charge in [-0.1, -0.05) is 32.9 Å². The van der Waals surface area contributed by atoms with Gasteiger partial charge in [0.1, 0.15) is 4.75 Å². The molecule has 0 aliphatic heterocycles. The number of carboxylic acids is 1.